The lowest BCUT2D eigenvalue weighted by Gasteiger charge is -2.17. The van der Waals surface area contributed by atoms with Crippen LogP contribution in [-0.4, -0.2) is 18.0 Å². The van der Waals surface area contributed by atoms with Gasteiger partial charge in [0.05, 0.1) is 0 Å². The quantitative estimate of drug-likeness (QED) is 0.557. The summed E-state index contributed by atoms with van der Waals surface area (Å²) in [6, 6.07) is 0. The first-order valence-electron chi connectivity index (χ1n) is 7.51. The SMILES string of the molecule is CCCCCCCCCCNC(=O)CC(C)(C)N. The second-order valence-corrected chi connectivity index (χ2v) is 5.99. The molecule has 0 radical (unpaired) electrons. The molecule has 0 saturated heterocycles. The van der Waals surface area contributed by atoms with E-state index in [9.17, 15) is 4.79 Å². The van der Waals surface area contributed by atoms with E-state index in [-0.39, 0.29) is 5.91 Å². The number of carbonyl (C=O) groups is 1. The molecule has 3 heteroatoms. The Hall–Kier alpha value is -0.570. The molecule has 0 aliphatic heterocycles. The van der Waals surface area contributed by atoms with Gasteiger partial charge in [-0.15, -0.1) is 0 Å². The van der Waals surface area contributed by atoms with Crippen molar-refractivity contribution in [2.24, 2.45) is 5.73 Å². The topological polar surface area (TPSA) is 55.1 Å². The van der Waals surface area contributed by atoms with Gasteiger partial charge in [-0.3, -0.25) is 4.79 Å². The Balaban J connectivity index is 3.23. The highest BCUT2D eigenvalue weighted by Crippen LogP contribution is 2.08. The molecule has 0 fully saturated rings. The van der Waals surface area contributed by atoms with Crippen LogP contribution in [0.4, 0.5) is 0 Å². The predicted octanol–water partition coefficient (Wildman–Crippen LogP) is 3.37. The van der Waals surface area contributed by atoms with Crippen LogP contribution >= 0.6 is 0 Å². The maximum atomic E-state index is 11.5. The second-order valence-electron chi connectivity index (χ2n) is 5.99. The van der Waals surface area contributed by atoms with Gasteiger partial charge in [0, 0.05) is 18.5 Å². The molecule has 0 aromatic heterocycles. The molecule has 0 heterocycles. The molecule has 0 unspecified atom stereocenters. The summed E-state index contributed by atoms with van der Waals surface area (Å²) < 4.78 is 0. The third-order valence-corrected chi connectivity index (χ3v) is 2.97. The number of unbranched alkanes of at least 4 members (excludes halogenated alkanes) is 7. The number of hydrogen-bond donors (Lipinski definition) is 2. The minimum absolute atomic E-state index is 0.0745. The molecule has 3 nitrogen and oxygen atoms in total. The largest absolute Gasteiger partial charge is 0.356 e. The first-order valence-corrected chi connectivity index (χ1v) is 7.51. The fourth-order valence-electron chi connectivity index (χ4n) is 1.96. The Morgan fingerprint density at radius 2 is 1.50 bits per heavy atom. The summed E-state index contributed by atoms with van der Waals surface area (Å²) in [7, 11) is 0. The van der Waals surface area contributed by atoms with Gasteiger partial charge in [0.25, 0.3) is 0 Å². The number of carbonyl (C=O) groups excluding carboxylic acids is 1. The van der Waals surface area contributed by atoms with Crippen molar-refractivity contribution < 1.29 is 4.79 Å². The Bertz CT molecular complexity index is 209. The van der Waals surface area contributed by atoms with Crippen molar-refractivity contribution in [2.75, 3.05) is 6.54 Å². The lowest BCUT2D eigenvalue weighted by molar-refractivity contribution is -0.122. The van der Waals surface area contributed by atoms with Crippen molar-refractivity contribution >= 4 is 5.91 Å². The van der Waals surface area contributed by atoms with Gasteiger partial charge < -0.3 is 11.1 Å². The number of amides is 1. The van der Waals surface area contributed by atoms with Crippen molar-refractivity contribution in [1.29, 1.82) is 0 Å². The summed E-state index contributed by atoms with van der Waals surface area (Å²) in [6.07, 6.45) is 10.8. The summed E-state index contributed by atoms with van der Waals surface area (Å²) in [5, 5.41) is 2.93. The number of hydrogen-bond acceptors (Lipinski definition) is 2. The Labute approximate surface area is 113 Å². The maximum absolute atomic E-state index is 11.5. The zero-order valence-corrected chi connectivity index (χ0v) is 12.6. The van der Waals surface area contributed by atoms with E-state index in [1.54, 1.807) is 0 Å². The maximum Gasteiger partial charge on any atom is 0.221 e. The van der Waals surface area contributed by atoms with Crippen molar-refractivity contribution in [3.63, 3.8) is 0 Å². The van der Waals surface area contributed by atoms with Crippen LogP contribution in [0.2, 0.25) is 0 Å². The second kappa shape index (κ2) is 10.4. The van der Waals surface area contributed by atoms with Crippen LogP contribution in [0.25, 0.3) is 0 Å². The summed E-state index contributed by atoms with van der Waals surface area (Å²) in [6.45, 7) is 6.79. The van der Waals surface area contributed by atoms with Crippen LogP contribution in [0.5, 0.6) is 0 Å². The minimum atomic E-state index is -0.399. The first kappa shape index (κ1) is 17.4. The van der Waals surface area contributed by atoms with Gasteiger partial charge in [0.2, 0.25) is 5.91 Å². The van der Waals surface area contributed by atoms with Gasteiger partial charge in [-0.05, 0) is 20.3 Å². The van der Waals surface area contributed by atoms with E-state index < -0.39 is 5.54 Å². The lowest BCUT2D eigenvalue weighted by Crippen LogP contribution is -2.39. The summed E-state index contributed by atoms with van der Waals surface area (Å²) in [4.78, 5) is 11.5. The van der Waals surface area contributed by atoms with Crippen LogP contribution in [0.1, 0.15) is 78.6 Å². The minimum Gasteiger partial charge on any atom is -0.356 e. The fourth-order valence-corrected chi connectivity index (χ4v) is 1.96. The van der Waals surface area contributed by atoms with E-state index in [1.165, 1.54) is 44.9 Å². The molecule has 3 N–H and O–H groups in total. The van der Waals surface area contributed by atoms with E-state index in [1.807, 2.05) is 13.8 Å². The van der Waals surface area contributed by atoms with Crippen LogP contribution in [0, 0.1) is 0 Å². The average molecular weight is 256 g/mol. The van der Waals surface area contributed by atoms with Gasteiger partial charge in [-0.2, -0.15) is 0 Å². The monoisotopic (exact) mass is 256 g/mol. The molecule has 1 amide bonds. The van der Waals surface area contributed by atoms with Gasteiger partial charge in [-0.1, -0.05) is 51.9 Å². The molecule has 0 atom stereocenters. The first-order chi connectivity index (χ1) is 8.45. The highest BCUT2D eigenvalue weighted by Gasteiger charge is 2.15. The van der Waals surface area contributed by atoms with Crippen LogP contribution in [0.3, 0.4) is 0 Å². The van der Waals surface area contributed by atoms with Gasteiger partial charge in [0.1, 0.15) is 0 Å². The Kier molecular flexibility index (Phi) is 10.0. The lowest BCUT2D eigenvalue weighted by atomic mass is 10.0. The van der Waals surface area contributed by atoms with E-state index in [4.69, 9.17) is 5.73 Å². The molecule has 0 aliphatic carbocycles. The van der Waals surface area contributed by atoms with Gasteiger partial charge in [-0.25, -0.2) is 0 Å². The van der Waals surface area contributed by atoms with E-state index in [0.717, 1.165) is 13.0 Å². The summed E-state index contributed by atoms with van der Waals surface area (Å²) in [5.41, 5.74) is 5.39. The van der Waals surface area contributed by atoms with Crippen molar-refractivity contribution in [1.82, 2.24) is 5.32 Å². The summed E-state index contributed by atoms with van der Waals surface area (Å²) >= 11 is 0. The van der Waals surface area contributed by atoms with Crippen LogP contribution in [0.15, 0.2) is 0 Å². The highest BCUT2D eigenvalue weighted by molar-refractivity contribution is 5.76. The molecular weight excluding hydrogens is 224 g/mol. The molecule has 18 heavy (non-hydrogen) atoms. The van der Waals surface area contributed by atoms with Gasteiger partial charge in [0.15, 0.2) is 0 Å². The van der Waals surface area contributed by atoms with E-state index >= 15 is 0 Å². The molecule has 0 spiro atoms. The molecule has 0 rings (SSSR count). The standard InChI is InChI=1S/C15H32N2O/c1-4-5-6-7-8-9-10-11-12-17-14(18)13-15(2,3)16/h4-13,16H2,1-3H3,(H,17,18). The fraction of sp³-hybridized carbons (Fsp3) is 0.933. The molecule has 0 bridgehead atoms. The number of nitrogens with one attached hydrogen (secondary N) is 1. The van der Waals surface area contributed by atoms with Crippen LogP contribution < -0.4 is 11.1 Å². The Morgan fingerprint density at radius 3 is 2.00 bits per heavy atom. The normalized spacial score (nSPS) is 11.6. The van der Waals surface area contributed by atoms with Crippen molar-refractivity contribution in [3.8, 4) is 0 Å². The number of nitrogens with two attached hydrogens (primary N) is 1. The zero-order chi connectivity index (χ0) is 13.9. The summed E-state index contributed by atoms with van der Waals surface area (Å²) in [5.74, 6) is 0.0745. The number of rotatable bonds is 11. The molecule has 0 saturated carbocycles. The molecular formula is C15H32N2O. The molecule has 0 aromatic carbocycles. The highest BCUT2D eigenvalue weighted by atomic mass is 16.1. The van der Waals surface area contributed by atoms with Crippen molar-refractivity contribution in [3.05, 3.63) is 0 Å². The van der Waals surface area contributed by atoms with E-state index in [2.05, 4.69) is 12.2 Å². The van der Waals surface area contributed by atoms with Crippen LogP contribution in [-0.2, 0) is 4.79 Å². The molecule has 108 valence electrons. The Morgan fingerprint density at radius 1 is 1.00 bits per heavy atom. The smallest absolute Gasteiger partial charge is 0.221 e. The molecule has 0 aromatic rings. The zero-order valence-electron chi connectivity index (χ0n) is 12.6. The van der Waals surface area contributed by atoms with Crippen molar-refractivity contribution in [2.45, 2.75) is 84.1 Å². The predicted molar refractivity (Wildman–Crippen MR) is 78.5 cm³/mol. The molecule has 0 aliphatic rings. The van der Waals surface area contributed by atoms with Gasteiger partial charge >= 0.3 is 0 Å². The average Bonchev–Trinajstić information content (AvgIpc) is 2.24. The third kappa shape index (κ3) is 13.5. The van der Waals surface area contributed by atoms with E-state index in [0.29, 0.717) is 6.42 Å². The third-order valence-electron chi connectivity index (χ3n) is 2.97.